The molecule has 2 fully saturated rings. The van der Waals surface area contributed by atoms with E-state index < -0.39 is 5.91 Å². The molecule has 6 heteroatoms. The molecule has 1 spiro atoms. The van der Waals surface area contributed by atoms with Crippen LogP contribution in [0.15, 0.2) is 0 Å². The maximum Gasteiger partial charge on any atom is 0.237 e. The van der Waals surface area contributed by atoms with Crippen LogP contribution in [0.4, 0.5) is 0 Å². The van der Waals surface area contributed by atoms with E-state index in [9.17, 15) is 14.4 Å². The number of likely N-dealkylation sites (tertiary alicyclic amines) is 2. The van der Waals surface area contributed by atoms with Crippen LogP contribution in [-0.4, -0.2) is 53.7 Å². The molecule has 0 aromatic rings. The van der Waals surface area contributed by atoms with E-state index in [1.54, 1.807) is 0 Å². The summed E-state index contributed by atoms with van der Waals surface area (Å²) in [6, 6.07) is 0. The standard InChI is InChI=1S/C13H21N3O3/c1-2-3-11(18)15-6-4-13(5-7-15)9-16(12(13)19)8-10(14)17/h2-9H2,1H3,(H2,14,17). The van der Waals surface area contributed by atoms with Crippen LogP contribution in [0.5, 0.6) is 0 Å². The molecule has 19 heavy (non-hydrogen) atoms. The molecule has 3 amide bonds. The zero-order valence-electron chi connectivity index (χ0n) is 11.4. The van der Waals surface area contributed by atoms with Gasteiger partial charge in [0, 0.05) is 26.1 Å². The molecular formula is C13H21N3O3. The molecule has 2 saturated heterocycles. The van der Waals surface area contributed by atoms with Crippen LogP contribution < -0.4 is 5.73 Å². The molecule has 0 radical (unpaired) electrons. The van der Waals surface area contributed by atoms with Crippen LogP contribution in [0.2, 0.25) is 0 Å². The minimum Gasteiger partial charge on any atom is -0.368 e. The van der Waals surface area contributed by atoms with Crippen LogP contribution in [-0.2, 0) is 14.4 Å². The van der Waals surface area contributed by atoms with E-state index in [2.05, 4.69) is 0 Å². The highest BCUT2D eigenvalue weighted by molar-refractivity contribution is 5.92. The monoisotopic (exact) mass is 267 g/mol. The molecule has 0 aliphatic carbocycles. The molecule has 6 nitrogen and oxygen atoms in total. The fraction of sp³-hybridized carbons (Fsp3) is 0.769. The highest BCUT2D eigenvalue weighted by Crippen LogP contribution is 2.41. The minimum absolute atomic E-state index is 0.0130. The lowest BCUT2D eigenvalue weighted by Gasteiger charge is -2.52. The van der Waals surface area contributed by atoms with Gasteiger partial charge in [-0.3, -0.25) is 14.4 Å². The van der Waals surface area contributed by atoms with Crippen LogP contribution in [0.1, 0.15) is 32.6 Å². The van der Waals surface area contributed by atoms with Gasteiger partial charge in [-0.1, -0.05) is 6.92 Å². The van der Waals surface area contributed by atoms with Gasteiger partial charge < -0.3 is 15.5 Å². The average molecular weight is 267 g/mol. The summed E-state index contributed by atoms with van der Waals surface area (Å²) in [5.41, 5.74) is 4.76. The summed E-state index contributed by atoms with van der Waals surface area (Å²) in [6.45, 7) is 3.90. The summed E-state index contributed by atoms with van der Waals surface area (Å²) in [5, 5.41) is 0. The van der Waals surface area contributed by atoms with Crippen molar-refractivity contribution in [1.82, 2.24) is 9.80 Å². The Bertz CT molecular complexity index is 400. The van der Waals surface area contributed by atoms with Crippen molar-refractivity contribution >= 4 is 17.7 Å². The van der Waals surface area contributed by atoms with E-state index in [-0.39, 0.29) is 23.8 Å². The fourth-order valence-corrected chi connectivity index (χ4v) is 2.99. The summed E-state index contributed by atoms with van der Waals surface area (Å²) in [4.78, 5) is 38.0. The Kier molecular flexibility index (Phi) is 3.78. The van der Waals surface area contributed by atoms with Crippen LogP contribution in [0.25, 0.3) is 0 Å². The molecule has 2 N–H and O–H groups in total. The molecule has 2 rings (SSSR count). The van der Waals surface area contributed by atoms with Crippen molar-refractivity contribution < 1.29 is 14.4 Å². The second kappa shape index (κ2) is 5.19. The topological polar surface area (TPSA) is 83.7 Å². The van der Waals surface area contributed by atoms with Crippen molar-refractivity contribution in [2.75, 3.05) is 26.2 Å². The number of nitrogens with two attached hydrogens (primary N) is 1. The quantitative estimate of drug-likeness (QED) is 0.711. The Morgan fingerprint density at radius 1 is 1.32 bits per heavy atom. The lowest BCUT2D eigenvalue weighted by Crippen LogP contribution is -2.66. The lowest BCUT2D eigenvalue weighted by molar-refractivity contribution is -0.168. The molecule has 2 aliphatic rings. The first-order valence-corrected chi connectivity index (χ1v) is 6.84. The van der Waals surface area contributed by atoms with Gasteiger partial charge in [-0.05, 0) is 19.3 Å². The highest BCUT2D eigenvalue weighted by atomic mass is 16.2. The molecule has 2 aliphatic heterocycles. The van der Waals surface area contributed by atoms with Gasteiger partial charge in [0.1, 0.15) is 0 Å². The van der Waals surface area contributed by atoms with Gasteiger partial charge in [-0.15, -0.1) is 0 Å². The SMILES string of the molecule is CCCC(=O)N1CCC2(CC1)CN(CC(N)=O)C2=O. The molecule has 0 bridgehead atoms. The molecule has 0 aromatic carbocycles. The third-order valence-corrected chi connectivity index (χ3v) is 4.12. The minimum atomic E-state index is -0.473. The first-order valence-electron chi connectivity index (χ1n) is 6.84. The maximum atomic E-state index is 12.1. The molecule has 106 valence electrons. The number of nitrogens with zero attached hydrogens (tertiary/aromatic N) is 2. The number of hydrogen-bond donors (Lipinski definition) is 1. The van der Waals surface area contributed by atoms with Crippen molar-refractivity contribution in [3.8, 4) is 0 Å². The van der Waals surface area contributed by atoms with Crippen molar-refractivity contribution in [3.63, 3.8) is 0 Å². The van der Waals surface area contributed by atoms with Gasteiger partial charge in [0.15, 0.2) is 0 Å². The molecular weight excluding hydrogens is 246 g/mol. The predicted molar refractivity (Wildman–Crippen MR) is 68.9 cm³/mol. The van der Waals surface area contributed by atoms with Crippen molar-refractivity contribution in [2.24, 2.45) is 11.1 Å². The van der Waals surface area contributed by atoms with Crippen LogP contribution in [0, 0.1) is 5.41 Å². The Morgan fingerprint density at radius 2 is 1.95 bits per heavy atom. The average Bonchev–Trinajstić information content (AvgIpc) is 2.38. The van der Waals surface area contributed by atoms with Gasteiger partial charge in [-0.25, -0.2) is 0 Å². The molecule has 0 aromatic heterocycles. The second-order valence-corrected chi connectivity index (χ2v) is 5.54. The summed E-state index contributed by atoms with van der Waals surface area (Å²) in [6.07, 6.45) is 2.84. The van der Waals surface area contributed by atoms with E-state index in [0.717, 1.165) is 6.42 Å². The Balaban J connectivity index is 1.86. The number of amides is 3. The van der Waals surface area contributed by atoms with Gasteiger partial charge in [0.2, 0.25) is 17.7 Å². The normalized spacial score (nSPS) is 21.4. The molecule has 0 unspecified atom stereocenters. The van der Waals surface area contributed by atoms with Gasteiger partial charge >= 0.3 is 0 Å². The first kappa shape index (κ1) is 13.8. The van der Waals surface area contributed by atoms with E-state index in [0.29, 0.717) is 38.9 Å². The van der Waals surface area contributed by atoms with Crippen molar-refractivity contribution in [1.29, 1.82) is 0 Å². The molecule has 2 heterocycles. The van der Waals surface area contributed by atoms with Crippen molar-refractivity contribution in [3.05, 3.63) is 0 Å². The maximum absolute atomic E-state index is 12.1. The van der Waals surface area contributed by atoms with Crippen molar-refractivity contribution in [2.45, 2.75) is 32.6 Å². The summed E-state index contributed by atoms with van der Waals surface area (Å²) in [7, 11) is 0. The molecule has 0 atom stereocenters. The number of carbonyl (C=O) groups is 3. The summed E-state index contributed by atoms with van der Waals surface area (Å²) in [5.74, 6) is -0.272. The Hall–Kier alpha value is -1.59. The lowest BCUT2D eigenvalue weighted by atomic mass is 9.71. The Labute approximate surface area is 112 Å². The van der Waals surface area contributed by atoms with Crippen LogP contribution in [0.3, 0.4) is 0 Å². The van der Waals surface area contributed by atoms with E-state index >= 15 is 0 Å². The van der Waals surface area contributed by atoms with E-state index in [4.69, 9.17) is 5.73 Å². The Morgan fingerprint density at radius 3 is 2.42 bits per heavy atom. The van der Waals surface area contributed by atoms with E-state index in [1.165, 1.54) is 4.90 Å². The largest absolute Gasteiger partial charge is 0.368 e. The third-order valence-electron chi connectivity index (χ3n) is 4.12. The number of rotatable bonds is 4. The van der Waals surface area contributed by atoms with Crippen LogP contribution >= 0.6 is 0 Å². The third kappa shape index (κ3) is 2.57. The number of β-lactam (4-membered cyclic amide) rings is 1. The van der Waals surface area contributed by atoms with Gasteiger partial charge in [0.25, 0.3) is 0 Å². The smallest absolute Gasteiger partial charge is 0.237 e. The van der Waals surface area contributed by atoms with E-state index in [1.807, 2.05) is 11.8 Å². The highest BCUT2D eigenvalue weighted by Gasteiger charge is 2.53. The summed E-state index contributed by atoms with van der Waals surface area (Å²) >= 11 is 0. The zero-order valence-corrected chi connectivity index (χ0v) is 11.4. The number of primary amides is 1. The van der Waals surface area contributed by atoms with Gasteiger partial charge in [-0.2, -0.15) is 0 Å². The molecule has 0 saturated carbocycles. The zero-order chi connectivity index (χ0) is 14.0. The fourth-order valence-electron chi connectivity index (χ4n) is 2.99. The van der Waals surface area contributed by atoms with Gasteiger partial charge in [0.05, 0.1) is 12.0 Å². The predicted octanol–water partition coefficient (Wildman–Crippen LogP) is -0.277. The number of hydrogen-bond acceptors (Lipinski definition) is 3. The first-order chi connectivity index (χ1) is 8.98. The number of carbonyl (C=O) groups excluding carboxylic acids is 3. The second-order valence-electron chi connectivity index (χ2n) is 5.54. The number of piperidine rings is 1. The summed E-state index contributed by atoms with van der Waals surface area (Å²) < 4.78 is 0.